The first-order chi connectivity index (χ1) is 7.86. The van der Waals surface area contributed by atoms with Crippen LogP contribution in [0, 0.1) is 10.8 Å². The quantitative estimate of drug-likeness (QED) is 0.721. The third-order valence-electron chi connectivity index (χ3n) is 3.18. The second-order valence-corrected chi connectivity index (χ2v) is 8.10. The zero-order valence-corrected chi connectivity index (χ0v) is 13.7. The molecule has 0 aliphatic heterocycles. The summed E-state index contributed by atoms with van der Waals surface area (Å²) in [7, 11) is 0. The number of hydrogen-bond donors (Lipinski definition) is 1. The Bertz CT molecular complexity index is 266. The summed E-state index contributed by atoms with van der Waals surface area (Å²) in [6, 6.07) is 0. The van der Waals surface area contributed by atoms with Crippen LogP contribution in [0.4, 0.5) is 0 Å². The highest BCUT2D eigenvalue weighted by atomic mass is 16.1. The number of hydrogen-bond acceptors (Lipinski definition) is 2. The lowest BCUT2D eigenvalue weighted by Gasteiger charge is -2.31. The Hall–Kier alpha value is -0.370. The van der Waals surface area contributed by atoms with Crippen molar-refractivity contribution in [3.63, 3.8) is 0 Å². The SMILES string of the molecule is CC(C)(C)NCCCCC(C)(C)C(=O)C(C)(C)C. The standard InChI is InChI=1S/C16H33NO/c1-14(2,3)13(18)16(7,8)11-9-10-12-17-15(4,5)6/h17H,9-12H2,1-8H3. The van der Waals surface area contributed by atoms with E-state index >= 15 is 0 Å². The summed E-state index contributed by atoms with van der Waals surface area (Å²) in [4.78, 5) is 12.3. The third-order valence-corrected chi connectivity index (χ3v) is 3.18. The summed E-state index contributed by atoms with van der Waals surface area (Å²) in [5.74, 6) is 0.374. The maximum absolute atomic E-state index is 12.3. The number of unbranched alkanes of at least 4 members (excludes halogenated alkanes) is 1. The van der Waals surface area contributed by atoms with Crippen LogP contribution < -0.4 is 5.32 Å². The highest BCUT2D eigenvalue weighted by molar-refractivity contribution is 5.88. The van der Waals surface area contributed by atoms with Crippen LogP contribution in [-0.4, -0.2) is 17.9 Å². The van der Waals surface area contributed by atoms with Crippen LogP contribution in [0.2, 0.25) is 0 Å². The van der Waals surface area contributed by atoms with Crippen molar-refractivity contribution in [2.24, 2.45) is 10.8 Å². The van der Waals surface area contributed by atoms with Gasteiger partial charge in [-0.25, -0.2) is 0 Å². The number of ketones is 1. The first-order valence-corrected chi connectivity index (χ1v) is 7.16. The molecular formula is C16H33NO. The molecule has 0 aliphatic carbocycles. The fourth-order valence-corrected chi connectivity index (χ4v) is 2.28. The Labute approximate surface area is 114 Å². The fourth-order valence-electron chi connectivity index (χ4n) is 2.28. The zero-order chi connectivity index (χ0) is 14.6. The number of carbonyl (C=O) groups excluding carboxylic acids is 1. The lowest BCUT2D eigenvalue weighted by atomic mass is 9.72. The zero-order valence-electron chi connectivity index (χ0n) is 13.7. The second kappa shape index (κ2) is 6.18. The molecule has 0 bridgehead atoms. The van der Waals surface area contributed by atoms with Gasteiger partial charge in [0.1, 0.15) is 5.78 Å². The van der Waals surface area contributed by atoms with E-state index in [1.54, 1.807) is 0 Å². The molecule has 0 radical (unpaired) electrons. The molecule has 0 aromatic rings. The van der Waals surface area contributed by atoms with Gasteiger partial charge in [0.05, 0.1) is 0 Å². The molecule has 0 rings (SSSR count). The maximum atomic E-state index is 12.3. The van der Waals surface area contributed by atoms with E-state index in [4.69, 9.17) is 0 Å². The molecule has 0 fully saturated rings. The smallest absolute Gasteiger partial charge is 0.143 e. The van der Waals surface area contributed by atoms with E-state index in [1.807, 2.05) is 20.8 Å². The predicted molar refractivity (Wildman–Crippen MR) is 79.8 cm³/mol. The fraction of sp³-hybridized carbons (Fsp3) is 0.938. The minimum absolute atomic E-state index is 0.191. The van der Waals surface area contributed by atoms with Crippen LogP contribution in [0.3, 0.4) is 0 Å². The molecule has 0 atom stereocenters. The van der Waals surface area contributed by atoms with Gasteiger partial charge in [-0.3, -0.25) is 4.79 Å². The van der Waals surface area contributed by atoms with Gasteiger partial charge in [0, 0.05) is 16.4 Å². The lowest BCUT2D eigenvalue weighted by Crippen LogP contribution is -2.37. The van der Waals surface area contributed by atoms with Crippen molar-refractivity contribution < 1.29 is 4.79 Å². The average Bonchev–Trinajstić information content (AvgIpc) is 2.12. The van der Waals surface area contributed by atoms with E-state index in [-0.39, 0.29) is 16.4 Å². The lowest BCUT2D eigenvalue weighted by molar-refractivity contribution is -0.135. The highest BCUT2D eigenvalue weighted by Crippen LogP contribution is 2.33. The topological polar surface area (TPSA) is 29.1 Å². The molecule has 0 aromatic heterocycles. The third kappa shape index (κ3) is 7.15. The number of nitrogens with one attached hydrogen (secondary N) is 1. The summed E-state index contributed by atoms with van der Waals surface area (Å²) in [6.07, 6.45) is 3.23. The van der Waals surface area contributed by atoms with Gasteiger partial charge >= 0.3 is 0 Å². The molecule has 1 N–H and O–H groups in total. The monoisotopic (exact) mass is 255 g/mol. The Morgan fingerprint density at radius 1 is 0.889 bits per heavy atom. The van der Waals surface area contributed by atoms with Crippen LogP contribution in [0.1, 0.15) is 74.7 Å². The van der Waals surface area contributed by atoms with Crippen molar-refractivity contribution in [2.75, 3.05) is 6.54 Å². The first kappa shape index (κ1) is 17.6. The molecular weight excluding hydrogens is 222 g/mol. The molecule has 18 heavy (non-hydrogen) atoms. The Morgan fingerprint density at radius 3 is 1.78 bits per heavy atom. The van der Waals surface area contributed by atoms with Crippen molar-refractivity contribution in [2.45, 2.75) is 80.2 Å². The maximum Gasteiger partial charge on any atom is 0.143 e. The average molecular weight is 255 g/mol. The summed E-state index contributed by atoms with van der Waals surface area (Å²) >= 11 is 0. The molecule has 0 aliphatic rings. The van der Waals surface area contributed by atoms with Gasteiger partial charge in [0.2, 0.25) is 0 Å². The van der Waals surface area contributed by atoms with Gasteiger partial charge in [-0.1, -0.05) is 41.0 Å². The Balaban J connectivity index is 4.03. The number of rotatable bonds is 6. The second-order valence-electron chi connectivity index (χ2n) is 8.10. The summed E-state index contributed by atoms with van der Waals surface area (Å²) in [5.41, 5.74) is -0.232. The van der Waals surface area contributed by atoms with Crippen molar-refractivity contribution in [1.29, 1.82) is 0 Å². The van der Waals surface area contributed by atoms with Crippen LogP contribution in [0.25, 0.3) is 0 Å². The van der Waals surface area contributed by atoms with Crippen LogP contribution in [-0.2, 0) is 4.79 Å². The van der Waals surface area contributed by atoms with Crippen LogP contribution in [0.5, 0.6) is 0 Å². The number of carbonyl (C=O) groups is 1. The van der Waals surface area contributed by atoms with E-state index in [0.717, 1.165) is 25.8 Å². The molecule has 0 amide bonds. The van der Waals surface area contributed by atoms with Gasteiger partial charge in [-0.2, -0.15) is 0 Å². The van der Waals surface area contributed by atoms with Gasteiger partial charge in [0.25, 0.3) is 0 Å². The minimum atomic E-state index is -0.229. The molecule has 0 heterocycles. The number of Topliss-reactive ketones (excluding diaryl/α,β-unsaturated/α-hetero) is 1. The van der Waals surface area contributed by atoms with Crippen molar-refractivity contribution >= 4 is 5.78 Å². The molecule has 108 valence electrons. The normalized spacial score (nSPS) is 13.8. The van der Waals surface area contributed by atoms with Crippen LogP contribution in [0.15, 0.2) is 0 Å². The molecule has 0 unspecified atom stereocenters. The summed E-state index contributed by atoms with van der Waals surface area (Å²) < 4.78 is 0. The Kier molecular flexibility index (Phi) is 6.06. The van der Waals surface area contributed by atoms with E-state index < -0.39 is 0 Å². The van der Waals surface area contributed by atoms with Gasteiger partial charge < -0.3 is 5.32 Å². The van der Waals surface area contributed by atoms with Crippen molar-refractivity contribution in [1.82, 2.24) is 5.32 Å². The van der Waals surface area contributed by atoms with Gasteiger partial charge in [0.15, 0.2) is 0 Å². The van der Waals surface area contributed by atoms with Crippen molar-refractivity contribution in [3.8, 4) is 0 Å². The summed E-state index contributed by atoms with van der Waals surface area (Å²) in [6.45, 7) is 17.8. The highest BCUT2D eigenvalue weighted by Gasteiger charge is 2.35. The summed E-state index contributed by atoms with van der Waals surface area (Å²) in [5, 5.41) is 3.48. The van der Waals surface area contributed by atoms with E-state index in [2.05, 4.69) is 39.9 Å². The molecule has 2 heteroatoms. The van der Waals surface area contributed by atoms with E-state index in [0.29, 0.717) is 5.78 Å². The van der Waals surface area contributed by atoms with E-state index in [1.165, 1.54) is 0 Å². The van der Waals surface area contributed by atoms with Gasteiger partial charge in [-0.15, -0.1) is 0 Å². The first-order valence-electron chi connectivity index (χ1n) is 7.16. The molecule has 0 saturated carbocycles. The molecule has 2 nitrogen and oxygen atoms in total. The van der Waals surface area contributed by atoms with Gasteiger partial charge in [-0.05, 0) is 40.2 Å². The van der Waals surface area contributed by atoms with Crippen molar-refractivity contribution in [3.05, 3.63) is 0 Å². The molecule has 0 aromatic carbocycles. The van der Waals surface area contributed by atoms with Crippen LogP contribution >= 0.6 is 0 Å². The molecule has 0 spiro atoms. The molecule has 0 saturated heterocycles. The minimum Gasteiger partial charge on any atom is -0.312 e. The van der Waals surface area contributed by atoms with E-state index in [9.17, 15) is 4.79 Å². The Morgan fingerprint density at radius 2 is 1.39 bits per heavy atom. The predicted octanol–water partition coefficient (Wildman–Crippen LogP) is 4.19. The largest absolute Gasteiger partial charge is 0.312 e.